The molecule has 0 radical (unpaired) electrons. The summed E-state index contributed by atoms with van der Waals surface area (Å²) >= 11 is 0. The monoisotopic (exact) mass is 1180 g/mol. The highest BCUT2D eigenvalue weighted by atomic mass is 16.6. The van der Waals surface area contributed by atoms with E-state index in [-0.39, 0.29) is 32.1 Å². The van der Waals surface area contributed by atoms with E-state index in [0.29, 0.717) is 29.1 Å². The molecule has 0 bridgehead atoms. The van der Waals surface area contributed by atoms with Gasteiger partial charge in [0.2, 0.25) is 5.95 Å². The number of anilines is 4. The van der Waals surface area contributed by atoms with E-state index in [1.807, 2.05) is 108 Å². The third kappa shape index (κ3) is 26.6. The lowest BCUT2D eigenvalue weighted by atomic mass is 9.90. The fraction of sp³-hybridized carbons (Fsp3) is 0.583. The van der Waals surface area contributed by atoms with Gasteiger partial charge in [0, 0.05) is 101 Å². The second kappa shape index (κ2) is 35.3. The Morgan fingerprint density at radius 1 is 0.651 bits per heavy atom. The molecule has 2 N–H and O–H groups in total. The number of allylic oxidation sites excluding steroid dienone is 1. The Morgan fingerprint density at radius 3 is 1.65 bits per heavy atom. The fourth-order valence-corrected chi connectivity index (χ4v) is 9.99. The number of nitro benzene ring substituents is 1. The number of fused-ring (bicyclic) bond motifs is 1. The SMILES string of the molecule is C=C(C)CN1CCN(/C(=C(/C)[N+](=O)[O-])c2ccccc2C)CC1.CC.CC.CC(C)(C)CCN(CCC(C)(C)C)c1ccc([N+](=O)[O-])c(NCc2ccccc2)c1.CC(C)(C)CCN(CCC(C)(C)C)c1nc(NC2CCCC2)c2ccccc2n1. The number of benzene rings is 4. The van der Waals surface area contributed by atoms with Crippen molar-refractivity contribution in [3.63, 3.8) is 0 Å². The smallest absolute Gasteiger partial charge is 0.292 e. The lowest BCUT2D eigenvalue weighted by Gasteiger charge is -2.37. The number of nitro groups is 2. The third-order valence-corrected chi connectivity index (χ3v) is 15.2. The van der Waals surface area contributed by atoms with Crippen molar-refractivity contribution in [1.29, 1.82) is 0 Å². The number of hydrogen-bond donors (Lipinski definition) is 2. The standard InChI is InChI=1S/C25H40N4.C25H37N3O2.C18H25N3O2.2C2H6/c1-24(2,3)15-17-29(18-16-25(4,5)6)23-27-21-14-10-9-13-20(21)22(28-23)26-19-11-7-8-12-19;1-24(2,3)14-16-27(17-15-25(4,5)6)21-12-13-23(28(29)30)22(18-21)26-19-20-10-8-7-9-11-20;1-14(2)13-19-9-11-20(12-10-19)18(16(4)21(22)23)17-8-6-5-7-15(17)3;2*1-2/h9-10,13-14,19H,7-8,11-12,15-18H2,1-6H3,(H,26,27,28);7-13,18,26H,14-17,19H2,1-6H3;5-8H,1,9-13H2,2-4H3;2*1-2H3/b;;18-16-;;. The normalized spacial score (nSPS) is 14.2. The van der Waals surface area contributed by atoms with Crippen molar-refractivity contribution in [2.24, 2.45) is 21.7 Å². The largest absolute Gasteiger partial charge is 0.375 e. The molecule has 0 spiro atoms. The molecule has 5 aromatic rings. The van der Waals surface area contributed by atoms with Crippen molar-refractivity contribution in [3.8, 4) is 0 Å². The fourth-order valence-electron chi connectivity index (χ4n) is 9.99. The van der Waals surface area contributed by atoms with Gasteiger partial charge in [0.1, 0.15) is 17.2 Å². The highest BCUT2D eigenvalue weighted by Gasteiger charge is 2.28. The molecule has 1 aliphatic heterocycles. The minimum Gasteiger partial charge on any atom is -0.375 e. The summed E-state index contributed by atoms with van der Waals surface area (Å²) in [6, 6.07) is 32.2. The van der Waals surface area contributed by atoms with Crippen LogP contribution in [-0.4, -0.2) is 94.6 Å². The Morgan fingerprint density at radius 2 is 1.15 bits per heavy atom. The maximum Gasteiger partial charge on any atom is 0.292 e. The molecule has 4 aromatic carbocycles. The van der Waals surface area contributed by atoms with E-state index in [1.165, 1.54) is 25.7 Å². The van der Waals surface area contributed by atoms with E-state index in [9.17, 15) is 20.2 Å². The molecule has 0 unspecified atom stereocenters. The zero-order chi connectivity index (χ0) is 64.4. The number of aromatic nitrogens is 2. The molecule has 1 saturated heterocycles. The molecule has 1 aliphatic carbocycles. The lowest BCUT2D eigenvalue weighted by Crippen LogP contribution is -2.46. The Kier molecular flexibility index (Phi) is 30.3. The first-order valence-electron chi connectivity index (χ1n) is 32.1. The number of piperazine rings is 1. The first-order valence-corrected chi connectivity index (χ1v) is 32.1. The van der Waals surface area contributed by atoms with Crippen LogP contribution in [0.1, 0.15) is 193 Å². The molecule has 476 valence electrons. The van der Waals surface area contributed by atoms with Gasteiger partial charge < -0.3 is 25.3 Å². The van der Waals surface area contributed by atoms with Gasteiger partial charge in [0.15, 0.2) is 0 Å². The average molecular weight is 1180 g/mol. The van der Waals surface area contributed by atoms with Gasteiger partial charge in [0.25, 0.3) is 11.4 Å². The Bertz CT molecular complexity index is 2830. The first-order chi connectivity index (χ1) is 40.4. The molecular formula is C72H114N10O4. The molecule has 2 heterocycles. The van der Waals surface area contributed by atoms with Gasteiger partial charge in [-0.3, -0.25) is 25.1 Å². The second-order valence-corrected chi connectivity index (χ2v) is 27.8. The first kappa shape index (κ1) is 73.7. The Labute approximate surface area is 521 Å². The summed E-state index contributed by atoms with van der Waals surface area (Å²) in [5, 5.41) is 31.1. The van der Waals surface area contributed by atoms with Crippen LogP contribution in [0.25, 0.3) is 16.6 Å². The van der Waals surface area contributed by atoms with E-state index < -0.39 is 0 Å². The minimum absolute atomic E-state index is 0.112. The molecule has 86 heavy (non-hydrogen) atoms. The van der Waals surface area contributed by atoms with E-state index >= 15 is 0 Å². The van der Waals surface area contributed by atoms with Crippen LogP contribution < -0.4 is 20.4 Å². The second-order valence-electron chi connectivity index (χ2n) is 27.8. The summed E-state index contributed by atoms with van der Waals surface area (Å²) in [6.45, 7) is 53.6. The van der Waals surface area contributed by atoms with Gasteiger partial charge in [-0.2, -0.15) is 4.98 Å². The maximum absolute atomic E-state index is 11.6. The highest BCUT2D eigenvalue weighted by Crippen LogP contribution is 2.34. The molecule has 1 saturated carbocycles. The summed E-state index contributed by atoms with van der Waals surface area (Å²) < 4.78 is 0. The molecule has 0 amide bonds. The molecule has 7 rings (SSSR count). The van der Waals surface area contributed by atoms with Gasteiger partial charge in [0.05, 0.1) is 15.4 Å². The predicted octanol–water partition coefficient (Wildman–Crippen LogP) is 18.8. The Hall–Kier alpha value is -6.54. The average Bonchev–Trinajstić information content (AvgIpc) is 3.99. The Balaban J connectivity index is 0.000000330. The quantitative estimate of drug-likeness (QED) is 0.0409. The van der Waals surface area contributed by atoms with Crippen molar-refractivity contribution in [1.82, 2.24) is 19.8 Å². The van der Waals surface area contributed by atoms with Gasteiger partial charge in [-0.25, -0.2) is 4.98 Å². The summed E-state index contributed by atoms with van der Waals surface area (Å²) in [5.74, 6) is 1.88. The van der Waals surface area contributed by atoms with Crippen LogP contribution in [0.4, 0.5) is 28.8 Å². The van der Waals surface area contributed by atoms with Gasteiger partial charge >= 0.3 is 0 Å². The molecule has 2 aliphatic rings. The van der Waals surface area contributed by atoms with E-state index in [1.54, 1.807) is 13.0 Å². The van der Waals surface area contributed by atoms with E-state index in [2.05, 4.69) is 144 Å². The minimum atomic E-state index is -0.314. The van der Waals surface area contributed by atoms with Crippen LogP contribution in [0.2, 0.25) is 0 Å². The van der Waals surface area contributed by atoms with Gasteiger partial charge in [-0.1, -0.05) is 203 Å². The number of nitrogens with zero attached hydrogens (tertiary/aromatic N) is 8. The summed E-state index contributed by atoms with van der Waals surface area (Å²) in [4.78, 5) is 41.7. The van der Waals surface area contributed by atoms with Crippen LogP contribution in [0.3, 0.4) is 0 Å². The molecule has 14 nitrogen and oxygen atoms in total. The van der Waals surface area contributed by atoms with Crippen LogP contribution >= 0.6 is 0 Å². The maximum atomic E-state index is 11.6. The molecule has 1 aromatic heterocycles. The van der Waals surface area contributed by atoms with Crippen molar-refractivity contribution < 1.29 is 9.85 Å². The number of hydrogen-bond acceptors (Lipinski definition) is 12. The van der Waals surface area contributed by atoms with Crippen molar-refractivity contribution in [2.75, 3.05) is 79.3 Å². The number of aryl methyl sites for hydroxylation is 1. The van der Waals surface area contributed by atoms with Gasteiger partial charge in [-0.05, 0) is 109 Å². The summed E-state index contributed by atoms with van der Waals surface area (Å²) in [6.07, 6.45) is 9.48. The summed E-state index contributed by atoms with van der Waals surface area (Å²) in [7, 11) is 0. The van der Waals surface area contributed by atoms with E-state index in [4.69, 9.17) is 9.97 Å². The third-order valence-electron chi connectivity index (χ3n) is 15.2. The van der Waals surface area contributed by atoms with Crippen molar-refractivity contribution in [2.45, 2.75) is 196 Å². The van der Waals surface area contributed by atoms with Crippen molar-refractivity contribution in [3.05, 3.63) is 152 Å². The molecule has 14 heteroatoms. The molecule has 2 fully saturated rings. The van der Waals surface area contributed by atoms with Crippen LogP contribution in [-0.2, 0) is 6.54 Å². The molecule has 0 atom stereocenters. The predicted molar refractivity (Wildman–Crippen MR) is 369 cm³/mol. The zero-order valence-electron chi connectivity index (χ0n) is 57.0. The highest BCUT2D eigenvalue weighted by molar-refractivity contribution is 5.90. The zero-order valence-corrected chi connectivity index (χ0v) is 57.0. The van der Waals surface area contributed by atoms with Crippen LogP contribution in [0, 0.1) is 48.8 Å². The van der Waals surface area contributed by atoms with Crippen LogP contribution in [0.15, 0.2) is 115 Å². The summed E-state index contributed by atoms with van der Waals surface area (Å²) in [5.41, 5.74) is 9.02. The van der Waals surface area contributed by atoms with Gasteiger partial charge in [-0.15, -0.1) is 0 Å². The lowest BCUT2D eigenvalue weighted by molar-refractivity contribution is -0.424. The number of para-hydroxylation sites is 1. The molecular weight excluding hydrogens is 1070 g/mol. The number of nitrogens with one attached hydrogen (secondary N) is 2. The number of rotatable bonds is 21. The van der Waals surface area contributed by atoms with E-state index in [0.717, 1.165) is 141 Å². The van der Waals surface area contributed by atoms with Crippen molar-refractivity contribution >= 4 is 45.4 Å². The topological polar surface area (TPSA) is 149 Å². The van der Waals surface area contributed by atoms with Crippen LogP contribution in [0.5, 0.6) is 0 Å².